The molecule has 1 aliphatic heterocycles. The molecule has 38 heavy (non-hydrogen) atoms. The van der Waals surface area contributed by atoms with Gasteiger partial charge in [-0.05, 0) is 36.8 Å². The first-order valence-electron chi connectivity index (χ1n) is 13.2. The third-order valence-electron chi connectivity index (χ3n) is 7.43. The topological polar surface area (TPSA) is 150 Å². The van der Waals surface area contributed by atoms with E-state index in [0.29, 0.717) is 37.4 Å². The monoisotopic (exact) mass is 528 g/mol. The number of hydrogen-bond donors (Lipinski definition) is 4. The highest BCUT2D eigenvalue weighted by Crippen LogP contribution is 2.43. The number of hydrogen-bond acceptors (Lipinski definition) is 6. The molecule has 1 amide bonds. The van der Waals surface area contributed by atoms with Crippen molar-refractivity contribution in [2.45, 2.75) is 84.5 Å². The van der Waals surface area contributed by atoms with Crippen molar-refractivity contribution in [3.63, 3.8) is 0 Å². The summed E-state index contributed by atoms with van der Waals surface area (Å²) in [6.07, 6.45) is 6.65. The van der Waals surface area contributed by atoms with Gasteiger partial charge in [-0.15, -0.1) is 0 Å². The maximum atomic E-state index is 15.3. The van der Waals surface area contributed by atoms with Crippen molar-refractivity contribution in [2.24, 2.45) is 16.9 Å². The van der Waals surface area contributed by atoms with E-state index < -0.39 is 17.7 Å². The van der Waals surface area contributed by atoms with Crippen molar-refractivity contribution >= 4 is 23.3 Å². The van der Waals surface area contributed by atoms with Crippen molar-refractivity contribution in [3.05, 3.63) is 46.0 Å². The molecule has 5 rings (SSSR count). The molecule has 2 aliphatic carbocycles. The number of rotatable bonds is 6. The van der Waals surface area contributed by atoms with Crippen LogP contribution in [0.15, 0.2) is 12.1 Å². The van der Waals surface area contributed by atoms with Crippen LogP contribution in [0.25, 0.3) is 5.69 Å². The normalized spacial score (nSPS) is 18.3. The Balaban J connectivity index is 0.000000505. The number of aliphatic carboxylic acids is 1. The molecular weight excluding hydrogens is 491 g/mol. The van der Waals surface area contributed by atoms with E-state index in [0.717, 1.165) is 48.2 Å². The van der Waals surface area contributed by atoms with E-state index in [4.69, 9.17) is 21.3 Å². The van der Waals surface area contributed by atoms with Gasteiger partial charge in [0.15, 0.2) is 5.78 Å². The Hall–Kier alpha value is -3.24. The first-order valence-corrected chi connectivity index (χ1v) is 13.2. The Kier molecular flexibility index (Phi) is 8.22. The van der Waals surface area contributed by atoms with Crippen LogP contribution in [0.1, 0.15) is 96.5 Å². The number of carbonyl (C=O) groups is 3. The summed E-state index contributed by atoms with van der Waals surface area (Å²) in [5, 5.41) is 11.2. The number of fused-ring (bicyclic) bond motifs is 3. The van der Waals surface area contributed by atoms with Crippen LogP contribution in [-0.2, 0) is 29.2 Å². The van der Waals surface area contributed by atoms with Crippen molar-refractivity contribution in [3.8, 4) is 5.69 Å². The van der Waals surface area contributed by atoms with Gasteiger partial charge in [0.2, 0.25) is 0 Å². The molecule has 0 bridgehead atoms. The van der Waals surface area contributed by atoms with Crippen molar-refractivity contribution in [1.29, 1.82) is 0 Å². The van der Waals surface area contributed by atoms with E-state index >= 15 is 4.39 Å². The number of primary amides is 1. The summed E-state index contributed by atoms with van der Waals surface area (Å²) in [5.74, 6) is -2.15. The molecule has 0 unspecified atom stereocenters. The smallest absolute Gasteiger partial charge is 0.304 e. The SMILES string of the molecule is CC1(C)CC(=O)c2c3c(n(-c4cc(F)c(C(N)=O)c(NC5CCCCC5)c4)c2C1)COC3.NCCC(=O)O. The molecule has 10 heteroatoms. The summed E-state index contributed by atoms with van der Waals surface area (Å²) in [7, 11) is 0. The number of nitrogens with one attached hydrogen (secondary N) is 1. The molecular formula is C28H37FN4O5. The number of amides is 1. The maximum absolute atomic E-state index is 15.3. The van der Waals surface area contributed by atoms with Crippen molar-refractivity contribution in [2.75, 3.05) is 11.9 Å². The number of nitrogens with two attached hydrogens (primary N) is 2. The summed E-state index contributed by atoms with van der Waals surface area (Å²) in [6, 6.07) is 3.35. The largest absolute Gasteiger partial charge is 0.481 e. The molecule has 1 aromatic heterocycles. The standard InChI is InChI=1S/C25H30FN3O3.C3H7NO2/c1-25(2)10-19-22(21(30)11-25)16-12-32-13-20(16)29(19)15-8-17(26)23(24(27)31)18(9-15)28-14-6-4-3-5-7-14;4-2-1-3(5)6/h8-9,14,28H,3-7,10-13H2,1-2H3,(H2,27,31);1-2,4H2,(H,5,6). The number of carboxylic acid groups (broad SMARTS) is 1. The summed E-state index contributed by atoms with van der Waals surface area (Å²) < 4.78 is 22.9. The number of anilines is 1. The fraction of sp³-hybridized carbons (Fsp3) is 0.536. The summed E-state index contributed by atoms with van der Waals surface area (Å²) >= 11 is 0. The van der Waals surface area contributed by atoms with Gasteiger partial charge in [0.1, 0.15) is 5.82 Å². The average molecular weight is 529 g/mol. The first-order chi connectivity index (χ1) is 18.0. The third-order valence-corrected chi connectivity index (χ3v) is 7.43. The van der Waals surface area contributed by atoms with Crippen LogP contribution < -0.4 is 16.8 Å². The Morgan fingerprint density at radius 3 is 2.47 bits per heavy atom. The second kappa shape index (κ2) is 11.2. The lowest BCUT2D eigenvalue weighted by molar-refractivity contribution is -0.136. The Labute approximate surface area is 221 Å². The van der Waals surface area contributed by atoms with Gasteiger partial charge in [-0.3, -0.25) is 14.4 Å². The van der Waals surface area contributed by atoms with Crippen LogP contribution in [0.2, 0.25) is 0 Å². The van der Waals surface area contributed by atoms with Gasteiger partial charge < -0.3 is 31.2 Å². The average Bonchev–Trinajstić information content (AvgIpc) is 3.38. The highest BCUT2D eigenvalue weighted by molar-refractivity contribution is 6.01. The number of carbonyl (C=O) groups excluding carboxylic acids is 2. The van der Waals surface area contributed by atoms with E-state index in [1.807, 2.05) is 10.6 Å². The number of ether oxygens (including phenoxy) is 1. The van der Waals surface area contributed by atoms with Gasteiger partial charge in [-0.25, -0.2) is 4.39 Å². The molecule has 0 saturated heterocycles. The lowest BCUT2D eigenvalue weighted by atomic mass is 9.75. The van der Waals surface area contributed by atoms with Gasteiger partial charge in [0.25, 0.3) is 5.91 Å². The molecule has 9 nitrogen and oxygen atoms in total. The number of aromatic nitrogens is 1. The minimum absolute atomic E-state index is 0.0694. The highest BCUT2D eigenvalue weighted by atomic mass is 19.1. The Morgan fingerprint density at radius 2 is 1.87 bits per heavy atom. The van der Waals surface area contributed by atoms with E-state index in [-0.39, 0.29) is 35.8 Å². The minimum atomic E-state index is -0.836. The predicted octanol–water partition coefficient (Wildman–Crippen LogP) is 4.07. The minimum Gasteiger partial charge on any atom is -0.481 e. The fourth-order valence-electron chi connectivity index (χ4n) is 5.81. The zero-order chi connectivity index (χ0) is 27.6. The molecule has 3 aliphatic rings. The molecule has 2 heterocycles. The van der Waals surface area contributed by atoms with Gasteiger partial charge in [0, 0.05) is 35.8 Å². The molecule has 1 aromatic carbocycles. The van der Waals surface area contributed by atoms with Crippen LogP contribution in [0, 0.1) is 11.2 Å². The molecule has 0 spiro atoms. The lowest BCUT2D eigenvalue weighted by Gasteiger charge is -2.30. The quantitative estimate of drug-likeness (QED) is 0.441. The van der Waals surface area contributed by atoms with E-state index in [1.165, 1.54) is 12.5 Å². The van der Waals surface area contributed by atoms with Crippen molar-refractivity contribution in [1.82, 2.24) is 4.57 Å². The molecule has 0 radical (unpaired) electrons. The van der Waals surface area contributed by atoms with E-state index in [1.54, 1.807) is 0 Å². The summed E-state index contributed by atoms with van der Waals surface area (Å²) in [5.41, 5.74) is 14.6. The van der Waals surface area contributed by atoms with Gasteiger partial charge in [-0.1, -0.05) is 33.1 Å². The van der Waals surface area contributed by atoms with Crippen LogP contribution in [0.3, 0.4) is 0 Å². The van der Waals surface area contributed by atoms with E-state index in [2.05, 4.69) is 19.2 Å². The molecule has 6 N–H and O–H groups in total. The molecule has 206 valence electrons. The predicted molar refractivity (Wildman–Crippen MR) is 141 cm³/mol. The summed E-state index contributed by atoms with van der Waals surface area (Å²) in [6.45, 7) is 5.17. The molecule has 0 atom stereocenters. The highest BCUT2D eigenvalue weighted by Gasteiger charge is 2.39. The molecule has 1 saturated carbocycles. The number of halogens is 1. The lowest BCUT2D eigenvalue weighted by Crippen LogP contribution is -2.29. The number of carboxylic acids is 1. The molecule has 1 fully saturated rings. The van der Waals surface area contributed by atoms with Crippen LogP contribution in [-0.4, -0.2) is 39.9 Å². The summed E-state index contributed by atoms with van der Waals surface area (Å²) in [4.78, 5) is 34.6. The second-order valence-electron chi connectivity index (χ2n) is 11.1. The van der Waals surface area contributed by atoms with Gasteiger partial charge in [-0.2, -0.15) is 0 Å². The zero-order valence-electron chi connectivity index (χ0n) is 22.1. The number of Topliss-reactive ketones (excluding diaryl/α,β-unsaturated/α-hetero) is 1. The Bertz CT molecular complexity index is 1250. The number of nitrogens with zero attached hydrogens (tertiary/aromatic N) is 1. The fourth-order valence-corrected chi connectivity index (χ4v) is 5.81. The maximum Gasteiger partial charge on any atom is 0.304 e. The zero-order valence-corrected chi connectivity index (χ0v) is 22.1. The Morgan fingerprint density at radius 1 is 1.16 bits per heavy atom. The van der Waals surface area contributed by atoms with Gasteiger partial charge >= 0.3 is 5.97 Å². The third kappa shape index (κ3) is 5.76. The number of benzene rings is 1. The van der Waals surface area contributed by atoms with Crippen molar-refractivity contribution < 1.29 is 28.6 Å². The van der Waals surface area contributed by atoms with Crippen LogP contribution in [0.4, 0.5) is 10.1 Å². The first kappa shape index (κ1) is 27.8. The number of ketones is 1. The second-order valence-corrected chi connectivity index (χ2v) is 11.1. The van der Waals surface area contributed by atoms with Gasteiger partial charge in [0.05, 0.1) is 42.3 Å². The van der Waals surface area contributed by atoms with Crippen LogP contribution >= 0.6 is 0 Å². The van der Waals surface area contributed by atoms with E-state index in [9.17, 15) is 14.4 Å². The molecule has 2 aromatic rings. The van der Waals surface area contributed by atoms with Crippen LogP contribution in [0.5, 0.6) is 0 Å².